The molecule has 5 heteroatoms. The maximum Gasteiger partial charge on any atom is 0.167 e. The molecule has 0 aliphatic rings. The van der Waals surface area contributed by atoms with Crippen LogP contribution in [-0.4, -0.2) is 25.0 Å². The van der Waals surface area contributed by atoms with E-state index in [1.807, 2.05) is 18.2 Å². The van der Waals surface area contributed by atoms with Crippen molar-refractivity contribution in [1.82, 2.24) is 4.98 Å². The molecule has 0 atom stereocenters. The molecule has 0 amide bonds. The Kier molecular flexibility index (Phi) is 5.33. The zero-order valence-corrected chi connectivity index (χ0v) is 13.5. The summed E-state index contributed by atoms with van der Waals surface area (Å²) in [6.45, 7) is 0. The van der Waals surface area contributed by atoms with Crippen LogP contribution in [-0.2, 0) is 6.42 Å². The molecule has 4 nitrogen and oxygen atoms in total. The first-order valence-electron chi connectivity index (χ1n) is 6.51. The number of Topliss-reactive ketones (excluding diaryl/α,β-unsaturated/α-hetero) is 1. The number of ether oxygens (including phenoxy) is 2. The second-order valence-electron chi connectivity index (χ2n) is 4.41. The monoisotopic (exact) mass is 349 g/mol. The third-order valence-electron chi connectivity index (χ3n) is 3.12. The number of nitrogens with zero attached hydrogens (tertiary/aromatic N) is 1. The first-order valence-corrected chi connectivity index (χ1v) is 7.30. The van der Waals surface area contributed by atoms with Crippen LogP contribution in [0.3, 0.4) is 0 Å². The molecule has 1 aromatic carbocycles. The lowest BCUT2D eigenvalue weighted by molar-refractivity contribution is 0.0979. The van der Waals surface area contributed by atoms with Crippen LogP contribution >= 0.6 is 15.9 Å². The van der Waals surface area contributed by atoms with Gasteiger partial charge in [0.2, 0.25) is 0 Å². The van der Waals surface area contributed by atoms with Crippen LogP contribution in [0.25, 0.3) is 0 Å². The maximum absolute atomic E-state index is 12.4. The molecule has 21 heavy (non-hydrogen) atoms. The summed E-state index contributed by atoms with van der Waals surface area (Å²) in [6, 6.07) is 9.16. The molecule has 2 aromatic rings. The minimum absolute atomic E-state index is 0.0147. The second-order valence-corrected chi connectivity index (χ2v) is 5.20. The maximum atomic E-state index is 12.4. The van der Waals surface area contributed by atoms with E-state index in [9.17, 15) is 4.79 Å². The number of halogens is 1. The van der Waals surface area contributed by atoms with Gasteiger partial charge in [-0.2, -0.15) is 0 Å². The van der Waals surface area contributed by atoms with Gasteiger partial charge >= 0.3 is 0 Å². The fourth-order valence-electron chi connectivity index (χ4n) is 2.04. The standard InChI is InChI=1S/C16H16BrNO3/c1-20-14-9-7-12(16(21-2)15(14)17)13(19)8-6-11-5-3-4-10-18-11/h3-5,7,9-10H,6,8H2,1-2H3. The number of aryl methyl sites for hydroxylation is 1. The molecule has 110 valence electrons. The summed E-state index contributed by atoms with van der Waals surface area (Å²) in [5.41, 5.74) is 1.44. The molecule has 0 saturated heterocycles. The van der Waals surface area contributed by atoms with Crippen molar-refractivity contribution in [3.8, 4) is 11.5 Å². The molecule has 1 aromatic heterocycles. The van der Waals surface area contributed by atoms with Crippen molar-refractivity contribution in [2.75, 3.05) is 14.2 Å². The molecule has 1 heterocycles. The van der Waals surface area contributed by atoms with E-state index in [-0.39, 0.29) is 5.78 Å². The molecule has 0 radical (unpaired) electrons. The number of pyridine rings is 1. The molecule has 0 bridgehead atoms. The minimum Gasteiger partial charge on any atom is -0.495 e. The van der Waals surface area contributed by atoms with Gasteiger partial charge in [-0.25, -0.2) is 0 Å². The number of carbonyl (C=O) groups excluding carboxylic acids is 1. The van der Waals surface area contributed by atoms with Crippen molar-refractivity contribution in [2.45, 2.75) is 12.8 Å². The third-order valence-corrected chi connectivity index (χ3v) is 3.87. The topological polar surface area (TPSA) is 48.4 Å². The lowest BCUT2D eigenvalue weighted by Gasteiger charge is -2.12. The zero-order chi connectivity index (χ0) is 15.2. The number of ketones is 1. The average molecular weight is 350 g/mol. The van der Waals surface area contributed by atoms with Crippen LogP contribution in [0.1, 0.15) is 22.5 Å². The number of hydrogen-bond donors (Lipinski definition) is 0. The second kappa shape index (κ2) is 7.22. The normalized spacial score (nSPS) is 10.2. The lowest BCUT2D eigenvalue weighted by Crippen LogP contribution is -2.05. The molecule has 0 N–H and O–H groups in total. The predicted octanol–water partition coefficient (Wildman–Crippen LogP) is 3.68. The Morgan fingerprint density at radius 3 is 2.62 bits per heavy atom. The minimum atomic E-state index is 0.0147. The van der Waals surface area contributed by atoms with Gasteiger partial charge in [-0.1, -0.05) is 6.07 Å². The smallest absolute Gasteiger partial charge is 0.167 e. The summed E-state index contributed by atoms with van der Waals surface area (Å²) in [5.74, 6) is 1.15. The Labute approximate surface area is 132 Å². The fraction of sp³-hybridized carbons (Fsp3) is 0.250. The Balaban J connectivity index is 2.17. The summed E-state index contributed by atoms with van der Waals surface area (Å²) >= 11 is 3.40. The molecule has 0 aliphatic carbocycles. The highest BCUT2D eigenvalue weighted by Crippen LogP contribution is 2.37. The van der Waals surface area contributed by atoms with Crippen LogP contribution in [0, 0.1) is 0 Å². The molecular formula is C16H16BrNO3. The predicted molar refractivity (Wildman–Crippen MR) is 84.1 cm³/mol. The van der Waals surface area contributed by atoms with Crippen LogP contribution in [0.2, 0.25) is 0 Å². The summed E-state index contributed by atoms with van der Waals surface area (Å²) in [7, 11) is 3.11. The third kappa shape index (κ3) is 3.61. The summed E-state index contributed by atoms with van der Waals surface area (Å²) in [6.07, 6.45) is 2.71. The van der Waals surface area contributed by atoms with Crippen molar-refractivity contribution in [3.05, 3.63) is 52.3 Å². The van der Waals surface area contributed by atoms with Crippen molar-refractivity contribution >= 4 is 21.7 Å². The van der Waals surface area contributed by atoms with Crippen LogP contribution in [0.15, 0.2) is 41.0 Å². The van der Waals surface area contributed by atoms with Gasteiger partial charge in [-0.3, -0.25) is 9.78 Å². The molecule has 0 unspecified atom stereocenters. The Bertz CT molecular complexity index is 629. The molecule has 0 fully saturated rings. The number of methoxy groups -OCH3 is 2. The van der Waals surface area contributed by atoms with E-state index in [1.54, 1.807) is 25.4 Å². The van der Waals surface area contributed by atoms with E-state index in [4.69, 9.17) is 9.47 Å². The van der Waals surface area contributed by atoms with Crippen LogP contribution < -0.4 is 9.47 Å². The van der Waals surface area contributed by atoms with Gasteiger partial charge in [-0.15, -0.1) is 0 Å². The Morgan fingerprint density at radius 2 is 2.00 bits per heavy atom. The van der Waals surface area contributed by atoms with Gasteiger partial charge in [0.05, 0.1) is 19.8 Å². The highest BCUT2D eigenvalue weighted by atomic mass is 79.9. The number of carbonyl (C=O) groups is 1. The SMILES string of the molecule is COc1ccc(C(=O)CCc2ccccn2)c(OC)c1Br. The first-order chi connectivity index (χ1) is 10.2. The number of benzene rings is 1. The molecule has 0 aliphatic heterocycles. The van der Waals surface area contributed by atoms with E-state index in [0.29, 0.717) is 34.4 Å². The van der Waals surface area contributed by atoms with E-state index in [2.05, 4.69) is 20.9 Å². The summed E-state index contributed by atoms with van der Waals surface area (Å²) in [5, 5.41) is 0. The molecule has 0 spiro atoms. The Morgan fingerprint density at radius 1 is 1.19 bits per heavy atom. The average Bonchev–Trinajstić information content (AvgIpc) is 2.53. The lowest BCUT2D eigenvalue weighted by atomic mass is 10.0. The summed E-state index contributed by atoms with van der Waals surface area (Å²) in [4.78, 5) is 16.6. The van der Waals surface area contributed by atoms with Crippen molar-refractivity contribution in [2.24, 2.45) is 0 Å². The van der Waals surface area contributed by atoms with Gasteiger partial charge in [0.25, 0.3) is 0 Å². The summed E-state index contributed by atoms with van der Waals surface area (Å²) < 4.78 is 11.2. The van der Waals surface area contributed by atoms with Gasteiger partial charge in [-0.05, 0) is 46.6 Å². The fourth-order valence-corrected chi connectivity index (χ4v) is 2.71. The van der Waals surface area contributed by atoms with E-state index >= 15 is 0 Å². The highest BCUT2D eigenvalue weighted by Gasteiger charge is 2.18. The van der Waals surface area contributed by atoms with Gasteiger partial charge in [0.1, 0.15) is 16.0 Å². The number of hydrogen-bond acceptors (Lipinski definition) is 4. The largest absolute Gasteiger partial charge is 0.495 e. The molecular weight excluding hydrogens is 334 g/mol. The van der Waals surface area contributed by atoms with Crippen LogP contribution in [0.4, 0.5) is 0 Å². The van der Waals surface area contributed by atoms with E-state index in [1.165, 1.54) is 7.11 Å². The van der Waals surface area contributed by atoms with Crippen LogP contribution in [0.5, 0.6) is 11.5 Å². The molecule has 2 rings (SSSR count). The number of aromatic nitrogens is 1. The highest BCUT2D eigenvalue weighted by molar-refractivity contribution is 9.10. The zero-order valence-electron chi connectivity index (χ0n) is 11.9. The van der Waals surface area contributed by atoms with Crippen molar-refractivity contribution < 1.29 is 14.3 Å². The van der Waals surface area contributed by atoms with Gasteiger partial charge in [0.15, 0.2) is 5.78 Å². The quantitative estimate of drug-likeness (QED) is 0.746. The van der Waals surface area contributed by atoms with E-state index < -0.39 is 0 Å². The molecule has 0 saturated carbocycles. The van der Waals surface area contributed by atoms with Crippen molar-refractivity contribution in [1.29, 1.82) is 0 Å². The van der Waals surface area contributed by atoms with E-state index in [0.717, 1.165) is 5.69 Å². The first kappa shape index (κ1) is 15.5. The van der Waals surface area contributed by atoms with Gasteiger partial charge < -0.3 is 9.47 Å². The Hall–Kier alpha value is -1.88. The van der Waals surface area contributed by atoms with Crippen molar-refractivity contribution in [3.63, 3.8) is 0 Å². The van der Waals surface area contributed by atoms with Gasteiger partial charge in [0, 0.05) is 18.3 Å². The number of rotatable bonds is 6.